The van der Waals surface area contributed by atoms with Crippen molar-refractivity contribution < 1.29 is 0 Å². The molecule has 0 saturated heterocycles. The Morgan fingerprint density at radius 1 is 1.00 bits per heavy atom. The SMILES string of the molecule is CCc1ccc2c(c1)Cc1cc(Br)ccc1-2. The summed E-state index contributed by atoms with van der Waals surface area (Å²) in [7, 11) is 0. The fraction of sp³-hybridized carbons (Fsp3) is 0.200. The normalized spacial score (nSPS) is 12.4. The van der Waals surface area contributed by atoms with Crippen LogP contribution in [0.4, 0.5) is 0 Å². The van der Waals surface area contributed by atoms with Gasteiger partial charge in [0, 0.05) is 4.47 Å². The summed E-state index contributed by atoms with van der Waals surface area (Å²) >= 11 is 3.54. The van der Waals surface area contributed by atoms with Gasteiger partial charge in [0.05, 0.1) is 0 Å². The van der Waals surface area contributed by atoms with Gasteiger partial charge in [0.15, 0.2) is 0 Å². The fourth-order valence-corrected chi connectivity index (χ4v) is 2.86. The van der Waals surface area contributed by atoms with Crippen molar-refractivity contribution in [3.8, 4) is 11.1 Å². The maximum absolute atomic E-state index is 3.54. The van der Waals surface area contributed by atoms with Crippen LogP contribution in [0.15, 0.2) is 40.9 Å². The Labute approximate surface area is 104 Å². The van der Waals surface area contributed by atoms with Crippen molar-refractivity contribution >= 4 is 15.9 Å². The summed E-state index contributed by atoms with van der Waals surface area (Å²) in [6.45, 7) is 2.21. The lowest BCUT2D eigenvalue weighted by atomic mass is 10.0. The summed E-state index contributed by atoms with van der Waals surface area (Å²) in [6, 6.07) is 13.5. The molecule has 2 aromatic carbocycles. The van der Waals surface area contributed by atoms with Gasteiger partial charge in [0.25, 0.3) is 0 Å². The maximum atomic E-state index is 3.54. The summed E-state index contributed by atoms with van der Waals surface area (Å²) in [5.74, 6) is 0. The molecule has 0 fully saturated rings. The van der Waals surface area contributed by atoms with E-state index in [4.69, 9.17) is 0 Å². The van der Waals surface area contributed by atoms with Gasteiger partial charge in [-0.15, -0.1) is 0 Å². The minimum Gasteiger partial charge on any atom is -0.0613 e. The van der Waals surface area contributed by atoms with Crippen LogP contribution in [0.1, 0.15) is 23.6 Å². The van der Waals surface area contributed by atoms with E-state index in [0.717, 1.165) is 12.8 Å². The standard InChI is InChI=1S/C15H13Br/c1-2-10-3-5-14-11(7-10)8-12-9-13(16)4-6-15(12)14/h3-7,9H,2,8H2,1H3. The van der Waals surface area contributed by atoms with Gasteiger partial charge in [-0.1, -0.05) is 47.1 Å². The van der Waals surface area contributed by atoms with E-state index in [-0.39, 0.29) is 0 Å². The van der Waals surface area contributed by atoms with Crippen LogP contribution in [-0.2, 0) is 12.8 Å². The highest BCUT2D eigenvalue weighted by atomic mass is 79.9. The Morgan fingerprint density at radius 3 is 2.44 bits per heavy atom. The van der Waals surface area contributed by atoms with Crippen molar-refractivity contribution in [1.29, 1.82) is 0 Å². The van der Waals surface area contributed by atoms with Crippen LogP contribution < -0.4 is 0 Å². The van der Waals surface area contributed by atoms with Crippen LogP contribution in [-0.4, -0.2) is 0 Å². The molecule has 0 saturated carbocycles. The Morgan fingerprint density at radius 2 is 1.69 bits per heavy atom. The van der Waals surface area contributed by atoms with E-state index in [1.807, 2.05) is 0 Å². The molecular weight excluding hydrogens is 260 g/mol. The monoisotopic (exact) mass is 272 g/mol. The van der Waals surface area contributed by atoms with Crippen LogP contribution in [0, 0.1) is 0 Å². The van der Waals surface area contributed by atoms with Crippen LogP contribution >= 0.6 is 15.9 Å². The average molecular weight is 273 g/mol. The molecule has 1 aliphatic rings. The van der Waals surface area contributed by atoms with Gasteiger partial charge in [-0.25, -0.2) is 0 Å². The zero-order valence-electron chi connectivity index (χ0n) is 9.26. The van der Waals surface area contributed by atoms with E-state index in [9.17, 15) is 0 Å². The van der Waals surface area contributed by atoms with E-state index >= 15 is 0 Å². The Hall–Kier alpha value is -1.08. The van der Waals surface area contributed by atoms with Gasteiger partial charge >= 0.3 is 0 Å². The fourth-order valence-electron chi connectivity index (χ4n) is 2.45. The van der Waals surface area contributed by atoms with Crippen molar-refractivity contribution in [2.45, 2.75) is 19.8 Å². The van der Waals surface area contributed by atoms with Gasteiger partial charge < -0.3 is 0 Å². The predicted octanol–water partition coefficient (Wildman–Crippen LogP) is 4.58. The van der Waals surface area contributed by atoms with Crippen molar-refractivity contribution in [3.63, 3.8) is 0 Å². The quantitative estimate of drug-likeness (QED) is 0.608. The molecule has 0 aromatic heterocycles. The summed E-state index contributed by atoms with van der Waals surface area (Å²) < 4.78 is 1.18. The lowest BCUT2D eigenvalue weighted by molar-refractivity contribution is 1.12. The van der Waals surface area contributed by atoms with Gasteiger partial charge in [0.2, 0.25) is 0 Å². The lowest BCUT2D eigenvalue weighted by Crippen LogP contribution is -1.84. The van der Waals surface area contributed by atoms with Crippen LogP contribution in [0.3, 0.4) is 0 Å². The van der Waals surface area contributed by atoms with Crippen molar-refractivity contribution in [1.82, 2.24) is 0 Å². The first-order valence-corrected chi connectivity index (χ1v) is 6.48. The Kier molecular flexibility index (Phi) is 2.36. The molecule has 1 heteroatoms. The third-order valence-corrected chi connectivity index (χ3v) is 3.81. The first kappa shape index (κ1) is 10.1. The third-order valence-electron chi connectivity index (χ3n) is 3.32. The number of aryl methyl sites for hydroxylation is 1. The highest BCUT2D eigenvalue weighted by Gasteiger charge is 2.18. The first-order valence-electron chi connectivity index (χ1n) is 5.68. The number of hydrogen-bond acceptors (Lipinski definition) is 0. The summed E-state index contributed by atoms with van der Waals surface area (Å²) in [4.78, 5) is 0. The van der Waals surface area contributed by atoms with Crippen molar-refractivity contribution in [2.75, 3.05) is 0 Å². The Bertz CT molecular complexity index is 555. The molecule has 3 rings (SSSR count). The van der Waals surface area contributed by atoms with Crippen LogP contribution in [0.25, 0.3) is 11.1 Å². The number of halogens is 1. The van der Waals surface area contributed by atoms with Crippen LogP contribution in [0.2, 0.25) is 0 Å². The predicted molar refractivity (Wildman–Crippen MR) is 71.8 cm³/mol. The zero-order valence-corrected chi connectivity index (χ0v) is 10.8. The van der Waals surface area contributed by atoms with Crippen LogP contribution in [0.5, 0.6) is 0 Å². The van der Waals surface area contributed by atoms with Gasteiger partial charge in [0.1, 0.15) is 0 Å². The molecule has 2 aromatic rings. The maximum Gasteiger partial charge on any atom is 0.0178 e. The molecule has 0 radical (unpaired) electrons. The molecule has 1 aliphatic carbocycles. The molecular formula is C15H13Br. The molecule has 0 spiro atoms. The summed E-state index contributed by atoms with van der Waals surface area (Å²) in [6.07, 6.45) is 2.20. The molecule has 0 amide bonds. The minimum absolute atomic E-state index is 1.08. The number of benzene rings is 2. The topological polar surface area (TPSA) is 0 Å². The van der Waals surface area contributed by atoms with E-state index in [2.05, 4.69) is 59.3 Å². The molecule has 0 bridgehead atoms. The van der Waals surface area contributed by atoms with E-state index < -0.39 is 0 Å². The Balaban J connectivity index is 2.16. The van der Waals surface area contributed by atoms with Crippen molar-refractivity contribution in [3.05, 3.63) is 57.6 Å². The second-order valence-corrected chi connectivity index (χ2v) is 5.24. The lowest BCUT2D eigenvalue weighted by Gasteiger charge is -2.03. The second-order valence-electron chi connectivity index (χ2n) is 4.32. The molecule has 0 heterocycles. The molecule has 0 N–H and O–H groups in total. The number of hydrogen-bond donors (Lipinski definition) is 0. The molecule has 80 valence electrons. The summed E-state index contributed by atoms with van der Waals surface area (Å²) in [5.41, 5.74) is 7.18. The van der Waals surface area contributed by atoms with E-state index in [0.29, 0.717) is 0 Å². The molecule has 0 unspecified atom stereocenters. The van der Waals surface area contributed by atoms with E-state index in [1.165, 1.54) is 32.3 Å². The smallest absolute Gasteiger partial charge is 0.0178 e. The minimum atomic E-state index is 1.08. The molecule has 0 nitrogen and oxygen atoms in total. The number of rotatable bonds is 1. The first-order chi connectivity index (χ1) is 7.78. The third kappa shape index (κ3) is 1.51. The van der Waals surface area contributed by atoms with E-state index in [1.54, 1.807) is 0 Å². The summed E-state index contributed by atoms with van der Waals surface area (Å²) in [5, 5.41) is 0. The van der Waals surface area contributed by atoms with Crippen molar-refractivity contribution in [2.24, 2.45) is 0 Å². The van der Waals surface area contributed by atoms with Gasteiger partial charge in [-0.2, -0.15) is 0 Å². The number of fused-ring (bicyclic) bond motifs is 3. The molecule has 16 heavy (non-hydrogen) atoms. The molecule has 0 atom stereocenters. The highest BCUT2D eigenvalue weighted by Crippen LogP contribution is 2.38. The average Bonchev–Trinajstić information content (AvgIpc) is 2.64. The second kappa shape index (κ2) is 3.74. The highest BCUT2D eigenvalue weighted by molar-refractivity contribution is 9.10. The zero-order chi connectivity index (χ0) is 11.1. The molecule has 0 aliphatic heterocycles. The van der Waals surface area contributed by atoms with Gasteiger partial charge in [-0.05, 0) is 52.8 Å². The largest absolute Gasteiger partial charge is 0.0613 e. The van der Waals surface area contributed by atoms with Gasteiger partial charge in [-0.3, -0.25) is 0 Å².